The summed E-state index contributed by atoms with van der Waals surface area (Å²) in [5, 5.41) is 15.8. The molecule has 0 spiro atoms. The summed E-state index contributed by atoms with van der Waals surface area (Å²) >= 11 is 0. The van der Waals surface area contributed by atoms with E-state index in [1.165, 1.54) is 23.0 Å². The van der Waals surface area contributed by atoms with Gasteiger partial charge in [0.25, 0.3) is 0 Å². The third-order valence-electron chi connectivity index (χ3n) is 4.59. The summed E-state index contributed by atoms with van der Waals surface area (Å²) in [6.07, 6.45) is 4.10. The zero-order valence-corrected chi connectivity index (χ0v) is 13.6. The number of aliphatic hydroxyl groups is 1. The molecule has 1 aliphatic carbocycles. The number of ether oxygens (including phenoxy) is 1. The van der Waals surface area contributed by atoms with Crippen LogP contribution in [0.5, 0.6) is 5.75 Å². The Labute approximate surface area is 147 Å². The molecule has 0 atom stereocenters. The molecule has 4 rings (SSSR count). The molecular weight excluding hydrogens is 344 g/mol. The lowest BCUT2D eigenvalue weighted by Gasteiger charge is -2.35. The molecule has 0 radical (unpaired) electrons. The normalized spacial score (nSPS) is 15.8. The summed E-state index contributed by atoms with van der Waals surface area (Å²) in [6, 6.07) is 7.71. The third kappa shape index (κ3) is 2.72. The lowest BCUT2D eigenvalue weighted by molar-refractivity contribution is -0.0498. The fraction of sp³-hybridized carbons (Fsp3) is 0.278. The Hall–Kier alpha value is -2.87. The van der Waals surface area contributed by atoms with Crippen molar-refractivity contribution >= 4 is 17.3 Å². The number of fused-ring (bicyclic) bond motifs is 1. The van der Waals surface area contributed by atoms with E-state index in [4.69, 9.17) is 0 Å². The number of aromatic nitrogens is 3. The summed E-state index contributed by atoms with van der Waals surface area (Å²) in [4.78, 5) is 15.4. The van der Waals surface area contributed by atoms with Gasteiger partial charge in [0.05, 0.1) is 5.69 Å². The van der Waals surface area contributed by atoms with Crippen molar-refractivity contribution in [2.75, 3.05) is 0 Å². The van der Waals surface area contributed by atoms with Crippen LogP contribution >= 0.6 is 0 Å². The molecule has 3 aromatic rings. The van der Waals surface area contributed by atoms with E-state index in [0.29, 0.717) is 47.1 Å². The van der Waals surface area contributed by atoms with E-state index in [1.54, 1.807) is 18.2 Å². The molecule has 26 heavy (non-hydrogen) atoms. The molecule has 0 bridgehead atoms. The number of carbonyl (C=O) groups excluding carboxylic acids is 1. The van der Waals surface area contributed by atoms with Crippen LogP contribution in [0.2, 0.25) is 0 Å². The summed E-state index contributed by atoms with van der Waals surface area (Å²) in [6.45, 7) is -2.93. The number of aldehydes is 1. The average Bonchev–Trinajstić information content (AvgIpc) is 2.98. The van der Waals surface area contributed by atoms with Gasteiger partial charge in [0.2, 0.25) is 0 Å². The fourth-order valence-corrected chi connectivity index (χ4v) is 3.15. The van der Waals surface area contributed by atoms with Gasteiger partial charge in [-0.15, -0.1) is 0 Å². The van der Waals surface area contributed by atoms with E-state index in [0.717, 1.165) is 6.42 Å². The van der Waals surface area contributed by atoms with E-state index in [-0.39, 0.29) is 5.75 Å². The number of alkyl halides is 2. The zero-order chi connectivity index (χ0) is 18.3. The lowest BCUT2D eigenvalue weighted by Crippen LogP contribution is -2.34. The molecule has 6 nitrogen and oxygen atoms in total. The molecule has 1 N–H and O–H groups in total. The van der Waals surface area contributed by atoms with Gasteiger partial charge in [-0.25, -0.2) is 9.67 Å². The molecule has 2 aromatic heterocycles. The van der Waals surface area contributed by atoms with Gasteiger partial charge in [-0.1, -0.05) is 6.07 Å². The first-order chi connectivity index (χ1) is 12.5. The Morgan fingerprint density at radius 1 is 1.31 bits per heavy atom. The molecule has 0 unspecified atom stereocenters. The van der Waals surface area contributed by atoms with Crippen LogP contribution in [0.1, 0.15) is 35.3 Å². The molecule has 0 amide bonds. The second kappa shape index (κ2) is 6.14. The smallest absolute Gasteiger partial charge is 0.387 e. The number of benzene rings is 1. The largest absolute Gasteiger partial charge is 0.435 e. The molecule has 8 heteroatoms. The first kappa shape index (κ1) is 16.6. The number of hydrogen-bond acceptors (Lipinski definition) is 5. The predicted molar refractivity (Wildman–Crippen MR) is 88.6 cm³/mol. The van der Waals surface area contributed by atoms with Gasteiger partial charge in [0, 0.05) is 23.2 Å². The third-order valence-corrected chi connectivity index (χ3v) is 4.59. The van der Waals surface area contributed by atoms with Gasteiger partial charge in [0.1, 0.15) is 17.0 Å². The van der Waals surface area contributed by atoms with Crippen molar-refractivity contribution in [1.82, 2.24) is 14.8 Å². The molecule has 2 heterocycles. The van der Waals surface area contributed by atoms with Crippen LogP contribution in [0.25, 0.3) is 16.7 Å². The number of pyridine rings is 1. The van der Waals surface area contributed by atoms with E-state index in [1.807, 2.05) is 0 Å². The molecule has 0 aliphatic heterocycles. The molecule has 1 fully saturated rings. The van der Waals surface area contributed by atoms with E-state index in [2.05, 4.69) is 14.8 Å². The lowest BCUT2D eigenvalue weighted by atomic mass is 9.77. The zero-order valence-electron chi connectivity index (χ0n) is 13.6. The molecule has 134 valence electrons. The Balaban J connectivity index is 1.89. The van der Waals surface area contributed by atoms with Gasteiger partial charge in [-0.3, -0.25) is 4.79 Å². The standard InChI is InChI=1S/C18H15F2N3O3/c19-17(20)26-13-4-1-3-12(8-13)23-16-14(7-11(10-24)9-21-16)15(22-23)18(25)5-2-6-18/h1,3-4,7-10,17,25H,2,5-6H2. The van der Waals surface area contributed by atoms with Crippen LogP contribution in [-0.2, 0) is 5.60 Å². The van der Waals surface area contributed by atoms with Gasteiger partial charge in [-0.2, -0.15) is 13.9 Å². The summed E-state index contributed by atoms with van der Waals surface area (Å²) in [7, 11) is 0. The number of rotatable bonds is 5. The topological polar surface area (TPSA) is 77.2 Å². The van der Waals surface area contributed by atoms with E-state index < -0.39 is 12.2 Å². The second-order valence-electron chi connectivity index (χ2n) is 6.28. The summed E-state index contributed by atoms with van der Waals surface area (Å²) in [5.74, 6) is -0.00503. The molecule has 1 aliphatic rings. The highest BCUT2D eigenvalue weighted by atomic mass is 19.3. The van der Waals surface area contributed by atoms with Crippen LogP contribution < -0.4 is 4.74 Å². The Morgan fingerprint density at radius 2 is 2.12 bits per heavy atom. The van der Waals surface area contributed by atoms with Gasteiger partial charge >= 0.3 is 6.61 Å². The van der Waals surface area contributed by atoms with Crippen molar-refractivity contribution in [2.45, 2.75) is 31.5 Å². The molecule has 1 aromatic carbocycles. The van der Waals surface area contributed by atoms with Gasteiger partial charge in [-0.05, 0) is 37.5 Å². The van der Waals surface area contributed by atoms with E-state index in [9.17, 15) is 18.7 Å². The SMILES string of the molecule is O=Cc1cnc2c(c1)c(C1(O)CCC1)nn2-c1cccc(OC(F)F)c1. The minimum absolute atomic E-state index is 0.00503. The quantitative estimate of drug-likeness (QED) is 0.708. The van der Waals surface area contributed by atoms with Crippen LogP contribution in [0.4, 0.5) is 8.78 Å². The highest BCUT2D eigenvalue weighted by Crippen LogP contribution is 2.43. The maximum Gasteiger partial charge on any atom is 0.387 e. The number of halogens is 2. The van der Waals surface area contributed by atoms with Crippen LogP contribution in [-0.4, -0.2) is 32.8 Å². The van der Waals surface area contributed by atoms with E-state index >= 15 is 0 Å². The number of carbonyl (C=O) groups is 1. The summed E-state index contributed by atoms with van der Waals surface area (Å²) < 4.78 is 30.9. The molecule has 0 saturated heterocycles. The van der Waals surface area contributed by atoms with Crippen LogP contribution in [0.3, 0.4) is 0 Å². The van der Waals surface area contributed by atoms with Crippen molar-refractivity contribution in [3.8, 4) is 11.4 Å². The Bertz CT molecular complexity index is 983. The highest BCUT2D eigenvalue weighted by Gasteiger charge is 2.40. The summed E-state index contributed by atoms with van der Waals surface area (Å²) in [5.41, 5.74) is 0.643. The average molecular weight is 359 g/mol. The first-order valence-corrected chi connectivity index (χ1v) is 8.12. The van der Waals surface area contributed by atoms with Gasteiger partial charge < -0.3 is 9.84 Å². The maximum absolute atomic E-state index is 12.5. The van der Waals surface area contributed by atoms with Crippen molar-refractivity contribution in [3.05, 3.63) is 47.8 Å². The predicted octanol–water partition coefficient (Wildman–Crippen LogP) is 3.21. The van der Waals surface area contributed by atoms with Crippen LogP contribution in [0.15, 0.2) is 36.5 Å². The Morgan fingerprint density at radius 3 is 2.77 bits per heavy atom. The van der Waals surface area contributed by atoms with Crippen molar-refractivity contribution in [3.63, 3.8) is 0 Å². The fourth-order valence-electron chi connectivity index (χ4n) is 3.15. The minimum atomic E-state index is -2.93. The Kier molecular flexibility index (Phi) is 3.91. The van der Waals surface area contributed by atoms with Crippen molar-refractivity contribution in [1.29, 1.82) is 0 Å². The second-order valence-corrected chi connectivity index (χ2v) is 6.28. The van der Waals surface area contributed by atoms with Crippen LogP contribution in [0, 0.1) is 0 Å². The molecule has 1 saturated carbocycles. The monoisotopic (exact) mass is 359 g/mol. The van der Waals surface area contributed by atoms with Crippen molar-refractivity contribution < 1.29 is 23.4 Å². The highest BCUT2D eigenvalue weighted by molar-refractivity contribution is 5.87. The van der Waals surface area contributed by atoms with Crippen molar-refractivity contribution in [2.24, 2.45) is 0 Å². The first-order valence-electron chi connectivity index (χ1n) is 8.12. The minimum Gasteiger partial charge on any atom is -0.435 e. The maximum atomic E-state index is 12.5. The number of hydrogen-bond donors (Lipinski definition) is 1. The number of nitrogens with zero attached hydrogens (tertiary/aromatic N) is 3. The molecular formula is C18H15F2N3O3. The van der Waals surface area contributed by atoms with Gasteiger partial charge in [0.15, 0.2) is 11.9 Å².